The Kier molecular flexibility index (Phi) is 4.38. The van der Waals surface area contributed by atoms with Crippen LogP contribution in [0, 0.1) is 0 Å². The summed E-state index contributed by atoms with van der Waals surface area (Å²) in [6.07, 6.45) is 1.22. The maximum Gasteiger partial charge on any atom is 0.0348 e. The predicted octanol–water partition coefficient (Wildman–Crippen LogP) is 2.63. The lowest BCUT2D eigenvalue weighted by Gasteiger charge is -2.38. The fraction of sp³-hybridized carbons (Fsp3) is 0.538. The number of hydrogen-bond acceptors (Lipinski definition) is 2. The van der Waals surface area contributed by atoms with Crippen molar-refractivity contribution in [3.8, 4) is 0 Å². The van der Waals surface area contributed by atoms with Gasteiger partial charge in [-0.3, -0.25) is 4.90 Å². The van der Waals surface area contributed by atoms with E-state index in [1.165, 1.54) is 23.0 Å². The first-order chi connectivity index (χ1) is 7.81. The topological polar surface area (TPSA) is 15.3 Å². The third-order valence-corrected chi connectivity index (χ3v) is 3.89. The van der Waals surface area contributed by atoms with E-state index in [0.717, 1.165) is 25.7 Å². The van der Waals surface area contributed by atoms with Crippen molar-refractivity contribution < 1.29 is 0 Å². The summed E-state index contributed by atoms with van der Waals surface area (Å²) in [6.45, 7) is 6.78. The number of rotatable bonds is 5. The molecule has 1 aliphatic rings. The largest absolute Gasteiger partial charge is 0.314 e. The van der Waals surface area contributed by atoms with Gasteiger partial charge in [-0.25, -0.2) is 0 Å². The summed E-state index contributed by atoms with van der Waals surface area (Å²) in [4.78, 5) is 2.58. The van der Waals surface area contributed by atoms with Gasteiger partial charge >= 0.3 is 0 Å². The molecule has 2 rings (SSSR count). The summed E-state index contributed by atoms with van der Waals surface area (Å²) in [5.41, 5.74) is 1.39. The molecule has 1 aliphatic heterocycles. The van der Waals surface area contributed by atoms with E-state index in [1.54, 1.807) is 0 Å². The van der Waals surface area contributed by atoms with Crippen LogP contribution in [0.3, 0.4) is 0 Å². The van der Waals surface area contributed by atoms with E-state index >= 15 is 0 Å². The molecule has 0 radical (unpaired) electrons. The average molecular weight is 283 g/mol. The fourth-order valence-corrected chi connectivity index (χ4v) is 2.47. The zero-order valence-electron chi connectivity index (χ0n) is 9.75. The minimum absolute atomic E-state index is 0.729. The van der Waals surface area contributed by atoms with Gasteiger partial charge in [-0.05, 0) is 24.6 Å². The van der Waals surface area contributed by atoms with Crippen LogP contribution in [0.5, 0.6) is 0 Å². The number of benzene rings is 1. The highest BCUT2D eigenvalue weighted by atomic mass is 79.9. The van der Waals surface area contributed by atoms with Crippen LogP contribution in [0.4, 0.5) is 0 Å². The highest BCUT2D eigenvalue weighted by Gasteiger charge is 2.24. The Morgan fingerprint density at radius 2 is 2.12 bits per heavy atom. The Morgan fingerprint density at radius 1 is 1.38 bits per heavy atom. The Labute approximate surface area is 106 Å². The summed E-state index contributed by atoms with van der Waals surface area (Å²) < 4.78 is 1.23. The van der Waals surface area contributed by atoms with Crippen LogP contribution in [0.2, 0.25) is 0 Å². The number of halogens is 1. The molecule has 1 N–H and O–H groups in total. The monoisotopic (exact) mass is 282 g/mol. The van der Waals surface area contributed by atoms with Gasteiger partial charge in [0.1, 0.15) is 0 Å². The van der Waals surface area contributed by atoms with Crippen LogP contribution in [0.15, 0.2) is 28.7 Å². The summed E-state index contributed by atoms with van der Waals surface area (Å²) in [5.74, 6) is 0. The molecule has 1 aromatic carbocycles. The third kappa shape index (κ3) is 2.84. The SMILES string of the molecule is CCCN(Cc1ccccc1Br)C1CNC1. The molecule has 1 aromatic rings. The molecule has 2 nitrogen and oxygen atoms in total. The van der Waals surface area contributed by atoms with Gasteiger partial charge in [0.2, 0.25) is 0 Å². The molecule has 0 aliphatic carbocycles. The number of nitrogens with zero attached hydrogens (tertiary/aromatic N) is 1. The second kappa shape index (κ2) is 5.80. The number of hydrogen-bond donors (Lipinski definition) is 1. The quantitative estimate of drug-likeness (QED) is 0.893. The fourth-order valence-electron chi connectivity index (χ4n) is 2.06. The second-order valence-corrected chi connectivity index (χ2v) is 5.23. The van der Waals surface area contributed by atoms with Crippen molar-refractivity contribution in [1.29, 1.82) is 0 Å². The predicted molar refractivity (Wildman–Crippen MR) is 71.5 cm³/mol. The molecule has 1 saturated heterocycles. The van der Waals surface area contributed by atoms with Gasteiger partial charge in [0.05, 0.1) is 0 Å². The Balaban J connectivity index is 2.01. The van der Waals surface area contributed by atoms with Crippen LogP contribution in [-0.2, 0) is 6.54 Å². The highest BCUT2D eigenvalue weighted by molar-refractivity contribution is 9.10. The molecule has 0 amide bonds. The van der Waals surface area contributed by atoms with Crippen LogP contribution in [0.1, 0.15) is 18.9 Å². The maximum atomic E-state index is 3.62. The molecule has 0 spiro atoms. The zero-order chi connectivity index (χ0) is 11.4. The maximum absolute atomic E-state index is 3.62. The molecule has 0 unspecified atom stereocenters. The van der Waals surface area contributed by atoms with Gasteiger partial charge in [-0.2, -0.15) is 0 Å². The average Bonchev–Trinajstić information content (AvgIpc) is 2.19. The van der Waals surface area contributed by atoms with Crippen LogP contribution in [0.25, 0.3) is 0 Å². The summed E-state index contributed by atoms with van der Waals surface area (Å²) in [5, 5.41) is 3.35. The molecule has 16 heavy (non-hydrogen) atoms. The normalized spacial score (nSPS) is 16.4. The second-order valence-electron chi connectivity index (χ2n) is 4.37. The molecule has 88 valence electrons. The lowest BCUT2D eigenvalue weighted by atomic mass is 10.1. The first-order valence-electron chi connectivity index (χ1n) is 5.99. The van der Waals surface area contributed by atoms with E-state index in [1.807, 2.05) is 0 Å². The molecule has 0 aromatic heterocycles. The van der Waals surface area contributed by atoms with Crippen molar-refractivity contribution in [3.05, 3.63) is 34.3 Å². The van der Waals surface area contributed by atoms with Crippen molar-refractivity contribution in [2.75, 3.05) is 19.6 Å². The number of nitrogens with one attached hydrogen (secondary N) is 1. The molecule has 0 bridgehead atoms. The van der Waals surface area contributed by atoms with Crippen molar-refractivity contribution in [2.24, 2.45) is 0 Å². The van der Waals surface area contributed by atoms with Gasteiger partial charge in [-0.15, -0.1) is 0 Å². The summed E-state index contributed by atoms with van der Waals surface area (Å²) in [6, 6.07) is 9.25. The van der Waals surface area contributed by atoms with Crippen molar-refractivity contribution in [2.45, 2.75) is 25.9 Å². The van der Waals surface area contributed by atoms with Gasteiger partial charge in [-0.1, -0.05) is 41.1 Å². The van der Waals surface area contributed by atoms with Crippen LogP contribution in [-0.4, -0.2) is 30.6 Å². The Morgan fingerprint density at radius 3 is 2.69 bits per heavy atom. The van der Waals surface area contributed by atoms with Crippen LogP contribution >= 0.6 is 15.9 Å². The highest BCUT2D eigenvalue weighted by Crippen LogP contribution is 2.19. The van der Waals surface area contributed by atoms with E-state index in [2.05, 4.69) is 57.3 Å². The van der Waals surface area contributed by atoms with Gasteiger partial charge in [0.25, 0.3) is 0 Å². The molecule has 3 heteroatoms. The smallest absolute Gasteiger partial charge is 0.0348 e. The van der Waals surface area contributed by atoms with Gasteiger partial charge < -0.3 is 5.32 Å². The molecule has 1 fully saturated rings. The zero-order valence-corrected chi connectivity index (χ0v) is 11.3. The minimum atomic E-state index is 0.729. The van der Waals surface area contributed by atoms with E-state index in [9.17, 15) is 0 Å². The Bertz CT molecular complexity index is 336. The lowest BCUT2D eigenvalue weighted by molar-refractivity contribution is 0.137. The van der Waals surface area contributed by atoms with E-state index in [-0.39, 0.29) is 0 Å². The van der Waals surface area contributed by atoms with Gasteiger partial charge in [0.15, 0.2) is 0 Å². The lowest BCUT2D eigenvalue weighted by Crippen LogP contribution is -2.57. The van der Waals surface area contributed by atoms with Crippen molar-refractivity contribution >= 4 is 15.9 Å². The molecule has 1 heterocycles. The molecular weight excluding hydrogens is 264 g/mol. The first kappa shape index (κ1) is 12.1. The Hall–Kier alpha value is -0.380. The van der Waals surface area contributed by atoms with Crippen molar-refractivity contribution in [1.82, 2.24) is 10.2 Å². The first-order valence-corrected chi connectivity index (χ1v) is 6.78. The molecule has 0 saturated carbocycles. The van der Waals surface area contributed by atoms with E-state index in [4.69, 9.17) is 0 Å². The summed E-state index contributed by atoms with van der Waals surface area (Å²) >= 11 is 3.62. The van der Waals surface area contributed by atoms with Crippen molar-refractivity contribution in [3.63, 3.8) is 0 Å². The van der Waals surface area contributed by atoms with E-state index < -0.39 is 0 Å². The molecule has 0 atom stereocenters. The van der Waals surface area contributed by atoms with Gasteiger partial charge in [0, 0.05) is 30.1 Å². The third-order valence-electron chi connectivity index (χ3n) is 3.12. The van der Waals surface area contributed by atoms with Crippen LogP contribution < -0.4 is 5.32 Å². The summed E-state index contributed by atoms with van der Waals surface area (Å²) in [7, 11) is 0. The minimum Gasteiger partial charge on any atom is -0.314 e. The van der Waals surface area contributed by atoms with E-state index in [0.29, 0.717) is 0 Å². The molecular formula is C13H19BrN2. The standard InChI is InChI=1S/C13H19BrN2/c1-2-7-16(12-8-15-9-12)10-11-5-3-4-6-13(11)14/h3-6,12,15H,2,7-10H2,1H3.